The number of benzene rings is 1. The Morgan fingerprint density at radius 1 is 1.21 bits per heavy atom. The molecule has 0 spiro atoms. The van der Waals surface area contributed by atoms with Crippen molar-refractivity contribution < 1.29 is 4.39 Å². The second-order valence-electron chi connectivity index (χ2n) is 4.29. The Hall–Kier alpha value is -1.88. The molecule has 2 rings (SSSR count). The Morgan fingerprint density at radius 3 is 2.42 bits per heavy atom. The molecule has 1 aromatic carbocycles. The van der Waals surface area contributed by atoms with Crippen LogP contribution in [-0.2, 0) is 7.05 Å². The molecule has 1 aromatic heterocycles. The molecular formula is C13H12ClFN2O2. The molecule has 0 unspecified atom stereocenters. The van der Waals surface area contributed by atoms with Gasteiger partial charge in [-0.1, -0.05) is 11.6 Å². The molecule has 100 valence electrons. The van der Waals surface area contributed by atoms with Crippen LogP contribution in [0.25, 0.3) is 5.69 Å². The van der Waals surface area contributed by atoms with Crippen molar-refractivity contribution in [2.45, 2.75) is 13.8 Å². The molecule has 0 aliphatic rings. The third kappa shape index (κ3) is 2.10. The zero-order valence-corrected chi connectivity index (χ0v) is 11.5. The molecule has 0 atom stereocenters. The molecule has 0 radical (unpaired) electrons. The van der Waals surface area contributed by atoms with E-state index < -0.39 is 17.1 Å². The van der Waals surface area contributed by atoms with Gasteiger partial charge < -0.3 is 4.57 Å². The van der Waals surface area contributed by atoms with Crippen LogP contribution in [0.1, 0.15) is 11.3 Å². The average Bonchev–Trinajstić information content (AvgIpc) is 2.37. The Kier molecular flexibility index (Phi) is 3.32. The molecule has 0 saturated carbocycles. The number of rotatable bonds is 1. The van der Waals surface area contributed by atoms with E-state index in [-0.39, 0.29) is 10.7 Å². The van der Waals surface area contributed by atoms with Crippen LogP contribution in [0.2, 0.25) is 5.02 Å². The van der Waals surface area contributed by atoms with E-state index in [2.05, 4.69) is 0 Å². The van der Waals surface area contributed by atoms with E-state index in [0.29, 0.717) is 11.3 Å². The predicted octanol–water partition coefficient (Wildman–Crippen LogP) is 1.95. The lowest BCUT2D eigenvalue weighted by atomic mass is 10.2. The van der Waals surface area contributed by atoms with Crippen molar-refractivity contribution in [2.75, 3.05) is 0 Å². The number of halogens is 2. The molecule has 0 amide bonds. The van der Waals surface area contributed by atoms with E-state index >= 15 is 0 Å². The lowest BCUT2D eigenvalue weighted by Gasteiger charge is -2.12. The molecule has 0 aliphatic heterocycles. The maximum Gasteiger partial charge on any atom is 0.335 e. The van der Waals surface area contributed by atoms with Crippen molar-refractivity contribution in [3.63, 3.8) is 0 Å². The van der Waals surface area contributed by atoms with Gasteiger partial charge in [0.25, 0.3) is 5.56 Å². The summed E-state index contributed by atoms with van der Waals surface area (Å²) in [6, 6.07) is 3.81. The number of hydrogen-bond donors (Lipinski definition) is 0. The van der Waals surface area contributed by atoms with Gasteiger partial charge in [-0.2, -0.15) is 0 Å². The first-order chi connectivity index (χ1) is 8.84. The summed E-state index contributed by atoms with van der Waals surface area (Å²) in [6.07, 6.45) is 0. The highest BCUT2D eigenvalue weighted by atomic mass is 35.5. The fourth-order valence-electron chi connectivity index (χ4n) is 1.83. The fraction of sp³-hybridized carbons (Fsp3) is 0.231. The molecule has 0 fully saturated rings. The quantitative estimate of drug-likeness (QED) is 0.802. The average molecular weight is 283 g/mol. The topological polar surface area (TPSA) is 44.0 Å². The maximum absolute atomic E-state index is 13.9. The molecule has 6 heteroatoms. The van der Waals surface area contributed by atoms with Gasteiger partial charge in [-0.3, -0.25) is 4.79 Å². The van der Waals surface area contributed by atoms with Gasteiger partial charge in [-0.25, -0.2) is 13.8 Å². The number of hydrogen-bond acceptors (Lipinski definition) is 2. The van der Waals surface area contributed by atoms with Crippen LogP contribution in [0.3, 0.4) is 0 Å². The SMILES string of the molecule is Cc1c(C)n(C)c(=O)n(-c2ccc(Cl)cc2F)c1=O. The van der Waals surface area contributed by atoms with E-state index in [4.69, 9.17) is 11.6 Å². The van der Waals surface area contributed by atoms with Crippen LogP contribution in [-0.4, -0.2) is 9.13 Å². The lowest BCUT2D eigenvalue weighted by molar-refractivity contribution is 0.603. The Bertz CT molecular complexity index is 740. The molecular weight excluding hydrogens is 271 g/mol. The van der Waals surface area contributed by atoms with Gasteiger partial charge in [0.15, 0.2) is 0 Å². The Balaban J connectivity index is 2.91. The van der Waals surface area contributed by atoms with Gasteiger partial charge in [0.2, 0.25) is 0 Å². The lowest BCUT2D eigenvalue weighted by Crippen LogP contribution is -2.40. The van der Waals surface area contributed by atoms with Crippen molar-refractivity contribution in [1.29, 1.82) is 0 Å². The van der Waals surface area contributed by atoms with Crippen LogP contribution in [0.5, 0.6) is 0 Å². The van der Waals surface area contributed by atoms with Crippen LogP contribution < -0.4 is 11.2 Å². The third-order valence-electron chi connectivity index (χ3n) is 3.20. The van der Waals surface area contributed by atoms with Gasteiger partial charge in [0, 0.05) is 23.3 Å². The maximum atomic E-state index is 13.9. The van der Waals surface area contributed by atoms with Crippen molar-refractivity contribution in [3.05, 3.63) is 61.1 Å². The minimum Gasteiger partial charge on any atom is -0.300 e. The molecule has 0 bridgehead atoms. The Morgan fingerprint density at radius 2 is 1.84 bits per heavy atom. The zero-order valence-electron chi connectivity index (χ0n) is 10.7. The first kappa shape index (κ1) is 13.5. The molecule has 1 heterocycles. The Labute approximate surface area is 113 Å². The summed E-state index contributed by atoms with van der Waals surface area (Å²) < 4.78 is 16.0. The predicted molar refractivity (Wildman–Crippen MR) is 71.7 cm³/mol. The number of aromatic nitrogens is 2. The van der Waals surface area contributed by atoms with E-state index in [0.717, 1.165) is 10.6 Å². The van der Waals surface area contributed by atoms with Crippen molar-refractivity contribution >= 4 is 11.6 Å². The van der Waals surface area contributed by atoms with Gasteiger partial charge in [-0.15, -0.1) is 0 Å². The van der Waals surface area contributed by atoms with E-state index in [1.54, 1.807) is 13.8 Å². The van der Waals surface area contributed by atoms with E-state index in [1.807, 2.05) is 0 Å². The fourth-order valence-corrected chi connectivity index (χ4v) is 1.99. The van der Waals surface area contributed by atoms with Crippen molar-refractivity contribution in [3.8, 4) is 5.69 Å². The van der Waals surface area contributed by atoms with Crippen LogP contribution in [0.15, 0.2) is 27.8 Å². The standard InChI is InChI=1S/C13H12ClFN2O2/c1-7-8(2)16(3)13(19)17(12(7)18)11-5-4-9(14)6-10(11)15/h4-6H,1-3H3. The van der Waals surface area contributed by atoms with Crippen molar-refractivity contribution in [1.82, 2.24) is 9.13 Å². The normalized spacial score (nSPS) is 10.8. The van der Waals surface area contributed by atoms with Crippen molar-refractivity contribution in [2.24, 2.45) is 7.05 Å². The summed E-state index contributed by atoms with van der Waals surface area (Å²) in [6.45, 7) is 3.27. The summed E-state index contributed by atoms with van der Waals surface area (Å²) >= 11 is 5.66. The van der Waals surface area contributed by atoms with Crippen LogP contribution >= 0.6 is 11.6 Å². The highest BCUT2D eigenvalue weighted by Crippen LogP contribution is 2.16. The summed E-state index contributed by atoms with van der Waals surface area (Å²) in [5.41, 5.74) is -0.258. The van der Waals surface area contributed by atoms with Gasteiger partial charge >= 0.3 is 5.69 Å². The third-order valence-corrected chi connectivity index (χ3v) is 3.43. The van der Waals surface area contributed by atoms with Crippen LogP contribution in [0, 0.1) is 19.7 Å². The van der Waals surface area contributed by atoms with E-state index in [1.165, 1.54) is 23.7 Å². The first-order valence-corrected chi connectivity index (χ1v) is 5.97. The molecule has 2 aromatic rings. The highest BCUT2D eigenvalue weighted by Gasteiger charge is 2.15. The van der Waals surface area contributed by atoms with Gasteiger partial charge in [0.05, 0.1) is 5.69 Å². The summed E-state index contributed by atoms with van der Waals surface area (Å²) in [7, 11) is 1.54. The smallest absolute Gasteiger partial charge is 0.300 e. The molecule has 19 heavy (non-hydrogen) atoms. The molecule has 0 aliphatic carbocycles. The first-order valence-electron chi connectivity index (χ1n) is 5.59. The summed E-state index contributed by atoms with van der Waals surface area (Å²) in [5, 5.41) is 0.204. The minimum atomic E-state index is -0.713. The van der Waals surface area contributed by atoms with Gasteiger partial charge in [-0.05, 0) is 32.0 Å². The zero-order chi connectivity index (χ0) is 14.3. The largest absolute Gasteiger partial charge is 0.335 e. The molecule has 0 saturated heterocycles. The van der Waals surface area contributed by atoms with E-state index in [9.17, 15) is 14.0 Å². The monoisotopic (exact) mass is 282 g/mol. The number of nitrogens with zero attached hydrogens (tertiary/aromatic N) is 2. The minimum absolute atomic E-state index is 0.0990. The summed E-state index contributed by atoms with van der Waals surface area (Å²) in [5.74, 6) is -0.713. The molecule has 4 nitrogen and oxygen atoms in total. The molecule has 0 N–H and O–H groups in total. The second kappa shape index (κ2) is 4.66. The highest BCUT2D eigenvalue weighted by molar-refractivity contribution is 6.30. The second-order valence-corrected chi connectivity index (χ2v) is 4.72. The summed E-state index contributed by atoms with van der Waals surface area (Å²) in [4.78, 5) is 24.3. The van der Waals surface area contributed by atoms with Gasteiger partial charge in [0.1, 0.15) is 5.82 Å². The van der Waals surface area contributed by atoms with Crippen LogP contribution in [0.4, 0.5) is 4.39 Å².